The summed E-state index contributed by atoms with van der Waals surface area (Å²) in [6.07, 6.45) is 2.36. The maximum absolute atomic E-state index is 12.5. The van der Waals surface area contributed by atoms with Gasteiger partial charge in [-0.1, -0.05) is 47.5 Å². The van der Waals surface area contributed by atoms with Gasteiger partial charge in [0.15, 0.2) is 6.10 Å². The molecule has 2 unspecified atom stereocenters. The van der Waals surface area contributed by atoms with Crippen molar-refractivity contribution >= 4 is 29.1 Å². The lowest BCUT2D eigenvalue weighted by Crippen LogP contribution is -2.38. The third-order valence-electron chi connectivity index (χ3n) is 3.96. The molecule has 0 radical (unpaired) electrons. The van der Waals surface area contributed by atoms with Crippen LogP contribution in [0.25, 0.3) is 5.69 Å². The summed E-state index contributed by atoms with van der Waals surface area (Å²) in [5.41, 5.74) is 1.41. The highest BCUT2D eigenvalue weighted by atomic mass is 35.5. The van der Waals surface area contributed by atoms with Crippen molar-refractivity contribution in [2.75, 3.05) is 0 Å². The van der Waals surface area contributed by atoms with Crippen LogP contribution in [0.1, 0.15) is 18.5 Å². The Labute approximate surface area is 172 Å². The van der Waals surface area contributed by atoms with Crippen molar-refractivity contribution < 1.29 is 9.53 Å². The SMILES string of the molecule is CC(Oc1cccc(Cl)c1Cl)C(=O)NC(C#N)c1cnn(-c2ccccc2)c1. The molecule has 0 spiro atoms. The number of nitriles is 1. The number of rotatable bonds is 6. The summed E-state index contributed by atoms with van der Waals surface area (Å²) >= 11 is 12.0. The number of ether oxygens (including phenoxy) is 1. The molecule has 3 rings (SSSR count). The van der Waals surface area contributed by atoms with E-state index in [1.54, 1.807) is 42.2 Å². The van der Waals surface area contributed by atoms with E-state index in [2.05, 4.69) is 16.5 Å². The molecule has 142 valence electrons. The molecule has 1 N–H and O–H groups in total. The van der Waals surface area contributed by atoms with Crippen LogP contribution in [0.5, 0.6) is 5.75 Å². The normalized spacial score (nSPS) is 12.6. The molecule has 3 aromatic rings. The van der Waals surface area contributed by atoms with E-state index in [9.17, 15) is 10.1 Å². The molecular formula is C20H16Cl2N4O2. The largest absolute Gasteiger partial charge is 0.479 e. The molecule has 28 heavy (non-hydrogen) atoms. The van der Waals surface area contributed by atoms with Crippen LogP contribution in [0, 0.1) is 11.3 Å². The smallest absolute Gasteiger partial charge is 0.262 e. The zero-order valence-electron chi connectivity index (χ0n) is 14.8. The van der Waals surface area contributed by atoms with Crippen LogP contribution >= 0.6 is 23.2 Å². The second-order valence-electron chi connectivity index (χ2n) is 5.94. The van der Waals surface area contributed by atoms with Crippen molar-refractivity contribution in [2.24, 2.45) is 0 Å². The Hall–Kier alpha value is -3.01. The number of nitrogens with one attached hydrogen (secondary N) is 1. The van der Waals surface area contributed by atoms with Gasteiger partial charge < -0.3 is 10.1 Å². The molecule has 0 fully saturated rings. The third-order valence-corrected chi connectivity index (χ3v) is 4.76. The van der Waals surface area contributed by atoms with Gasteiger partial charge in [-0.05, 0) is 31.2 Å². The lowest BCUT2D eigenvalue weighted by atomic mass is 10.1. The summed E-state index contributed by atoms with van der Waals surface area (Å²) in [6.45, 7) is 1.56. The average Bonchev–Trinajstić information content (AvgIpc) is 3.20. The number of carbonyl (C=O) groups excluding carboxylic acids is 1. The molecular weight excluding hydrogens is 399 g/mol. The number of halogens is 2. The summed E-state index contributed by atoms with van der Waals surface area (Å²) < 4.78 is 7.22. The fraction of sp³-hybridized carbons (Fsp3) is 0.150. The van der Waals surface area contributed by atoms with E-state index >= 15 is 0 Å². The van der Waals surface area contributed by atoms with Gasteiger partial charge in [0.1, 0.15) is 16.8 Å². The van der Waals surface area contributed by atoms with Gasteiger partial charge in [0.2, 0.25) is 0 Å². The number of aromatic nitrogens is 2. The van der Waals surface area contributed by atoms with Crippen molar-refractivity contribution in [3.05, 3.63) is 76.5 Å². The lowest BCUT2D eigenvalue weighted by molar-refractivity contribution is -0.127. The zero-order valence-corrected chi connectivity index (χ0v) is 16.4. The first-order chi connectivity index (χ1) is 13.5. The molecule has 1 heterocycles. The van der Waals surface area contributed by atoms with Crippen molar-refractivity contribution in [1.82, 2.24) is 15.1 Å². The Morgan fingerprint density at radius 1 is 1.21 bits per heavy atom. The zero-order chi connectivity index (χ0) is 20.1. The van der Waals surface area contributed by atoms with E-state index in [4.69, 9.17) is 27.9 Å². The lowest BCUT2D eigenvalue weighted by Gasteiger charge is -2.17. The molecule has 1 amide bonds. The number of carbonyl (C=O) groups is 1. The van der Waals surface area contributed by atoms with Gasteiger partial charge in [-0.25, -0.2) is 4.68 Å². The second-order valence-corrected chi connectivity index (χ2v) is 6.72. The Morgan fingerprint density at radius 3 is 2.68 bits per heavy atom. The fourth-order valence-electron chi connectivity index (χ4n) is 2.48. The Morgan fingerprint density at radius 2 is 1.96 bits per heavy atom. The predicted molar refractivity (Wildman–Crippen MR) is 107 cm³/mol. The first-order valence-corrected chi connectivity index (χ1v) is 9.16. The van der Waals surface area contributed by atoms with Gasteiger partial charge in [0, 0.05) is 11.8 Å². The number of hydrogen-bond donors (Lipinski definition) is 1. The molecule has 2 atom stereocenters. The van der Waals surface area contributed by atoms with E-state index in [1.165, 1.54) is 0 Å². The first-order valence-electron chi connectivity index (χ1n) is 8.40. The van der Waals surface area contributed by atoms with Gasteiger partial charge in [-0.2, -0.15) is 10.4 Å². The number of benzene rings is 2. The Bertz CT molecular complexity index is 1010. The fourth-order valence-corrected chi connectivity index (χ4v) is 2.81. The second kappa shape index (κ2) is 8.79. The monoisotopic (exact) mass is 414 g/mol. The molecule has 0 aliphatic carbocycles. The Kier molecular flexibility index (Phi) is 6.19. The minimum absolute atomic E-state index is 0.227. The molecule has 0 saturated heterocycles. The van der Waals surface area contributed by atoms with Gasteiger partial charge in [0.25, 0.3) is 5.91 Å². The molecule has 0 bridgehead atoms. The first kappa shape index (κ1) is 19.7. The van der Waals surface area contributed by atoms with Crippen LogP contribution in [0.2, 0.25) is 10.0 Å². The highest BCUT2D eigenvalue weighted by Gasteiger charge is 2.22. The van der Waals surface area contributed by atoms with Crippen LogP contribution in [-0.2, 0) is 4.79 Å². The van der Waals surface area contributed by atoms with Crippen molar-refractivity contribution in [3.8, 4) is 17.5 Å². The van der Waals surface area contributed by atoms with Crippen molar-refractivity contribution in [1.29, 1.82) is 5.26 Å². The summed E-state index contributed by atoms with van der Waals surface area (Å²) in [5, 5.41) is 16.9. The molecule has 8 heteroatoms. The third kappa shape index (κ3) is 4.45. The molecule has 0 aliphatic heterocycles. The van der Waals surface area contributed by atoms with E-state index in [0.717, 1.165) is 5.69 Å². The van der Waals surface area contributed by atoms with Crippen molar-refractivity contribution in [2.45, 2.75) is 19.1 Å². The highest BCUT2D eigenvalue weighted by Crippen LogP contribution is 2.32. The maximum atomic E-state index is 12.5. The van der Waals surface area contributed by atoms with Gasteiger partial charge in [-0.15, -0.1) is 0 Å². The minimum atomic E-state index is -0.879. The number of para-hydroxylation sites is 1. The highest BCUT2D eigenvalue weighted by molar-refractivity contribution is 6.42. The summed E-state index contributed by atoms with van der Waals surface area (Å²) in [5.74, 6) is -0.169. The summed E-state index contributed by atoms with van der Waals surface area (Å²) in [7, 11) is 0. The van der Waals surface area contributed by atoms with Crippen LogP contribution in [-0.4, -0.2) is 21.8 Å². The average molecular weight is 415 g/mol. The van der Waals surface area contributed by atoms with Crippen molar-refractivity contribution in [3.63, 3.8) is 0 Å². The minimum Gasteiger partial charge on any atom is -0.479 e. The van der Waals surface area contributed by atoms with E-state index in [0.29, 0.717) is 16.3 Å². The molecule has 6 nitrogen and oxygen atoms in total. The number of nitrogens with zero attached hydrogens (tertiary/aromatic N) is 3. The maximum Gasteiger partial charge on any atom is 0.262 e. The van der Waals surface area contributed by atoms with E-state index < -0.39 is 18.1 Å². The van der Waals surface area contributed by atoms with Crippen LogP contribution < -0.4 is 10.1 Å². The van der Waals surface area contributed by atoms with E-state index in [-0.39, 0.29) is 5.02 Å². The topological polar surface area (TPSA) is 79.9 Å². The van der Waals surface area contributed by atoms with Crippen LogP contribution in [0.3, 0.4) is 0 Å². The standard InChI is InChI=1S/C20H16Cl2N4O2/c1-13(28-18-9-5-8-16(21)19(18)22)20(27)25-17(10-23)14-11-24-26(12-14)15-6-3-2-4-7-15/h2-9,11-13,17H,1H3,(H,25,27). The van der Waals surface area contributed by atoms with Gasteiger partial charge in [-0.3, -0.25) is 4.79 Å². The predicted octanol–water partition coefficient (Wildman–Crippen LogP) is 4.33. The van der Waals surface area contributed by atoms with E-state index in [1.807, 2.05) is 30.3 Å². The number of hydrogen-bond acceptors (Lipinski definition) is 4. The molecule has 0 aliphatic rings. The van der Waals surface area contributed by atoms with Gasteiger partial charge in [0.05, 0.1) is 23.0 Å². The molecule has 0 saturated carbocycles. The molecule has 1 aromatic heterocycles. The quantitative estimate of drug-likeness (QED) is 0.650. The van der Waals surface area contributed by atoms with Crippen LogP contribution in [0.4, 0.5) is 0 Å². The molecule has 2 aromatic carbocycles. The Balaban J connectivity index is 1.69. The summed E-state index contributed by atoms with van der Waals surface area (Å²) in [4.78, 5) is 12.5. The summed E-state index contributed by atoms with van der Waals surface area (Å²) in [6, 6.07) is 15.6. The van der Waals surface area contributed by atoms with Crippen LogP contribution in [0.15, 0.2) is 60.9 Å². The van der Waals surface area contributed by atoms with Gasteiger partial charge >= 0.3 is 0 Å². The number of amides is 1.